The van der Waals surface area contributed by atoms with Crippen molar-refractivity contribution in [3.05, 3.63) is 35.4 Å². The van der Waals surface area contributed by atoms with Gasteiger partial charge >= 0.3 is 0 Å². The molecule has 4 nitrogen and oxygen atoms in total. The van der Waals surface area contributed by atoms with Gasteiger partial charge in [0.1, 0.15) is 0 Å². The van der Waals surface area contributed by atoms with Gasteiger partial charge in [0.25, 0.3) is 0 Å². The number of ether oxygens (including phenoxy) is 3. The van der Waals surface area contributed by atoms with E-state index in [2.05, 4.69) is 13.0 Å². The van der Waals surface area contributed by atoms with Crippen LogP contribution in [-0.4, -0.2) is 24.6 Å². The number of aliphatic hydroxyl groups is 1. The maximum absolute atomic E-state index is 10.3. The summed E-state index contributed by atoms with van der Waals surface area (Å²) in [6.45, 7) is 7.21. The lowest BCUT2D eigenvalue weighted by molar-refractivity contribution is 0.0813. The highest BCUT2D eigenvalue weighted by Gasteiger charge is 2.16. The van der Waals surface area contributed by atoms with Crippen LogP contribution in [0.3, 0.4) is 0 Å². The molecule has 0 aromatic heterocycles. The lowest BCUT2D eigenvalue weighted by atomic mass is 10.0. The summed E-state index contributed by atoms with van der Waals surface area (Å²) in [6, 6.07) is 5.61. The van der Waals surface area contributed by atoms with E-state index in [-0.39, 0.29) is 12.9 Å². The third-order valence-electron chi connectivity index (χ3n) is 3.66. The Morgan fingerprint density at radius 1 is 1.32 bits per heavy atom. The monoisotopic (exact) mass is 306 g/mol. The summed E-state index contributed by atoms with van der Waals surface area (Å²) < 4.78 is 16.1. The molecule has 122 valence electrons. The molecule has 0 bridgehead atoms. The first-order valence-electron chi connectivity index (χ1n) is 7.91. The maximum Gasteiger partial charge on any atom is 0.231 e. The van der Waals surface area contributed by atoms with E-state index in [1.54, 1.807) is 0 Å². The van der Waals surface area contributed by atoms with E-state index in [9.17, 15) is 5.11 Å². The van der Waals surface area contributed by atoms with Gasteiger partial charge in [0, 0.05) is 0 Å². The van der Waals surface area contributed by atoms with E-state index < -0.39 is 6.10 Å². The topological polar surface area (TPSA) is 47.9 Å². The Kier molecular flexibility index (Phi) is 6.28. The van der Waals surface area contributed by atoms with Gasteiger partial charge < -0.3 is 19.3 Å². The zero-order valence-electron chi connectivity index (χ0n) is 13.7. The van der Waals surface area contributed by atoms with Crippen LogP contribution in [-0.2, 0) is 4.74 Å². The Labute approximate surface area is 132 Å². The van der Waals surface area contributed by atoms with Crippen LogP contribution in [0.1, 0.15) is 51.7 Å². The van der Waals surface area contributed by atoms with Gasteiger partial charge in [-0.3, -0.25) is 0 Å². The van der Waals surface area contributed by atoms with Crippen molar-refractivity contribution in [2.75, 3.05) is 13.4 Å². The number of aliphatic hydroxyl groups excluding tert-OH is 1. The second kappa shape index (κ2) is 8.20. The third kappa shape index (κ3) is 5.04. The van der Waals surface area contributed by atoms with E-state index in [1.165, 1.54) is 5.57 Å². The molecule has 1 aromatic carbocycles. The fraction of sp³-hybridized carbons (Fsp3) is 0.556. The molecule has 2 rings (SSSR count). The van der Waals surface area contributed by atoms with Crippen LogP contribution in [0, 0.1) is 0 Å². The minimum absolute atomic E-state index is 0.259. The van der Waals surface area contributed by atoms with Crippen LogP contribution in [0.15, 0.2) is 29.8 Å². The van der Waals surface area contributed by atoms with Crippen LogP contribution >= 0.6 is 0 Å². The lowest BCUT2D eigenvalue weighted by Gasteiger charge is -2.11. The summed E-state index contributed by atoms with van der Waals surface area (Å²) in [7, 11) is 0. The molecule has 0 fully saturated rings. The summed E-state index contributed by atoms with van der Waals surface area (Å²) in [5, 5.41) is 10.3. The zero-order valence-corrected chi connectivity index (χ0v) is 13.7. The van der Waals surface area contributed by atoms with Crippen LogP contribution in [0.5, 0.6) is 11.5 Å². The summed E-state index contributed by atoms with van der Waals surface area (Å²) >= 11 is 0. The van der Waals surface area contributed by atoms with Gasteiger partial charge in [-0.2, -0.15) is 0 Å². The quantitative estimate of drug-likeness (QED) is 0.738. The highest BCUT2D eigenvalue weighted by atomic mass is 16.7. The van der Waals surface area contributed by atoms with Crippen molar-refractivity contribution in [1.82, 2.24) is 0 Å². The SMILES string of the molecule is C/C(=C\CCC(O)c1ccc2c(c1)OCO2)CCOC(C)C. The van der Waals surface area contributed by atoms with Crippen LogP contribution in [0.2, 0.25) is 0 Å². The molecule has 22 heavy (non-hydrogen) atoms. The van der Waals surface area contributed by atoms with Crippen molar-refractivity contribution in [2.24, 2.45) is 0 Å². The molecule has 4 heteroatoms. The second-order valence-electron chi connectivity index (χ2n) is 5.93. The highest BCUT2D eigenvalue weighted by molar-refractivity contribution is 5.45. The van der Waals surface area contributed by atoms with E-state index >= 15 is 0 Å². The average Bonchev–Trinajstić information content (AvgIpc) is 2.94. The molecular formula is C18H26O4. The highest BCUT2D eigenvalue weighted by Crippen LogP contribution is 2.35. The van der Waals surface area contributed by atoms with Crippen molar-refractivity contribution < 1.29 is 19.3 Å². The molecule has 1 atom stereocenters. The van der Waals surface area contributed by atoms with Crippen molar-refractivity contribution in [1.29, 1.82) is 0 Å². The number of allylic oxidation sites excluding steroid dienone is 1. The minimum atomic E-state index is -0.481. The lowest BCUT2D eigenvalue weighted by Crippen LogP contribution is -2.04. The predicted molar refractivity (Wildman–Crippen MR) is 86.2 cm³/mol. The fourth-order valence-corrected chi connectivity index (χ4v) is 2.33. The first-order chi connectivity index (χ1) is 10.6. The zero-order chi connectivity index (χ0) is 15.9. The van der Waals surface area contributed by atoms with Gasteiger partial charge in [-0.25, -0.2) is 0 Å². The Morgan fingerprint density at radius 2 is 2.09 bits per heavy atom. The first-order valence-corrected chi connectivity index (χ1v) is 7.91. The largest absolute Gasteiger partial charge is 0.454 e. The molecule has 1 aliphatic heterocycles. The van der Waals surface area contributed by atoms with Crippen LogP contribution in [0.4, 0.5) is 0 Å². The molecule has 1 aromatic rings. The molecule has 1 unspecified atom stereocenters. The Bertz CT molecular complexity index is 508. The fourth-order valence-electron chi connectivity index (χ4n) is 2.33. The van der Waals surface area contributed by atoms with Gasteiger partial charge in [0.05, 0.1) is 18.8 Å². The summed E-state index contributed by atoms with van der Waals surface area (Å²) in [5.74, 6) is 1.46. The smallest absolute Gasteiger partial charge is 0.231 e. The molecule has 1 heterocycles. The normalized spacial score (nSPS) is 15.4. The van der Waals surface area contributed by atoms with Crippen molar-refractivity contribution in [3.8, 4) is 11.5 Å². The molecule has 0 radical (unpaired) electrons. The minimum Gasteiger partial charge on any atom is -0.454 e. The maximum atomic E-state index is 10.3. The van der Waals surface area contributed by atoms with Gasteiger partial charge in [-0.1, -0.05) is 17.7 Å². The van der Waals surface area contributed by atoms with Crippen molar-refractivity contribution in [3.63, 3.8) is 0 Å². The average molecular weight is 306 g/mol. The van der Waals surface area contributed by atoms with Gasteiger partial charge in [-0.15, -0.1) is 0 Å². The van der Waals surface area contributed by atoms with Crippen molar-refractivity contribution in [2.45, 2.75) is 52.2 Å². The molecule has 0 aliphatic carbocycles. The molecule has 0 saturated carbocycles. The Balaban J connectivity index is 1.76. The van der Waals surface area contributed by atoms with Crippen molar-refractivity contribution >= 4 is 0 Å². The summed E-state index contributed by atoms with van der Waals surface area (Å²) in [4.78, 5) is 0. The van der Waals surface area contributed by atoms with Gasteiger partial charge in [0.15, 0.2) is 11.5 Å². The van der Waals surface area contributed by atoms with Crippen LogP contribution in [0.25, 0.3) is 0 Å². The number of fused-ring (bicyclic) bond motifs is 1. The Morgan fingerprint density at radius 3 is 2.86 bits per heavy atom. The number of rotatable bonds is 8. The summed E-state index contributed by atoms with van der Waals surface area (Å²) in [5.41, 5.74) is 2.18. The molecule has 1 N–H and O–H groups in total. The standard InChI is InChI=1S/C18H26O4/c1-13(2)20-10-9-14(3)5-4-6-16(19)15-7-8-17-18(11-15)22-12-21-17/h5,7-8,11,13,16,19H,4,6,9-10,12H2,1-3H3/b14-5+. The molecule has 1 aliphatic rings. The first kappa shape index (κ1) is 16.8. The van der Waals surface area contributed by atoms with E-state index in [0.29, 0.717) is 12.2 Å². The number of hydrogen-bond acceptors (Lipinski definition) is 4. The van der Waals surface area contributed by atoms with Crippen LogP contribution < -0.4 is 9.47 Å². The molecule has 0 amide bonds. The number of benzene rings is 1. The number of hydrogen-bond donors (Lipinski definition) is 1. The van der Waals surface area contributed by atoms with Gasteiger partial charge in [0.2, 0.25) is 6.79 Å². The van der Waals surface area contributed by atoms with E-state index in [0.717, 1.165) is 30.8 Å². The third-order valence-corrected chi connectivity index (χ3v) is 3.66. The Hall–Kier alpha value is -1.52. The van der Waals surface area contributed by atoms with E-state index in [1.807, 2.05) is 32.0 Å². The molecular weight excluding hydrogens is 280 g/mol. The molecule has 0 saturated heterocycles. The second-order valence-corrected chi connectivity index (χ2v) is 5.93. The van der Waals surface area contributed by atoms with Gasteiger partial charge in [-0.05, 0) is 57.7 Å². The predicted octanol–water partition coefficient (Wildman–Crippen LogP) is 3.99. The molecule has 0 spiro atoms. The van der Waals surface area contributed by atoms with E-state index in [4.69, 9.17) is 14.2 Å². The summed E-state index contributed by atoms with van der Waals surface area (Å²) in [6.07, 6.45) is 4.47.